The zero-order valence-corrected chi connectivity index (χ0v) is 15.0. The largest absolute Gasteiger partial charge is 0.444 e. The number of thioether (sulfide) groups is 1. The molecule has 1 rings (SSSR count). The van der Waals surface area contributed by atoms with Crippen LogP contribution in [-0.4, -0.2) is 34.5 Å². The van der Waals surface area contributed by atoms with Gasteiger partial charge in [0.05, 0.1) is 0 Å². The molecule has 0 aliphatic heterocycles. The normalized spacial score (nSPS) is 12.3. The van der Waals surface area contributed by atoms with Gasteiger partial charge < -0.3 is 15.8 Å². The van der Waals surface area contributed by atoms with E-state index in [1.165, 1.54) is 0 Å². The van der Waals surface area contributed by atoms with Crippen LogP contribution in [0.25, 0.3) is 0 Å². The number of rotatable bonds is 7. The highest BCUT2D eigenvalue weighted by molar-refractivity contribution is 8.13. The number of nitrogens with one attached hydrogen (secondary N) is 1. The fourth-order valence-electron chi connectivity index (χ4n) is 1.85. The van der Waals surface area contributed by atoms with Crippen LogP contribution in [0.3, 0.4) is 0 Å². The molecule has 0 unspecified atom stereocenters. The standard InChI is InChI=1S/C17H24N2O4S/c1-17(2,3)23-16(22)19-13(11-12-7-5-4-6-8-12)15(21)24-10-9-14(18)20/h4-8,13H,9-11H2,1-3H3,(H2,18,20)(H,19,22)/t13-/m0/s1. The van der Waals surface area contributed by atoms with Crippen molar-refractivity contribution in [3.05, 3.63) is 35.9 Å². The second kappa shape index (κ2) is 9.32. The number of benzene rings is 1. The van der Waals surface area contributed by atoms with E-state index in [4.69, 9.17) is 10.5 Å². The van der Waals surface area contributed by atoms with E-state index < -0.39 is 23.6 Å². The third-order valence-electron chi connectivity index (χ3n) is 2.85. The van der Waals surface area contributed by atoms with Gasteiger partial charge in [-0.05, 0) is 26.3 Å². The topological polar surface area (TPSA) is 98.5 Å². The molecule has 0 bridgehead atoms. The molecule has 0 aliphatic rings. The Kier molecular flexibility index (Phi) is 7.78. The van der Waals surface area contributed by atoms with E-state index in [0.29, 0.717) is 6.42 Å². The predicted octanol–water partition coefficient (Wildman–Crippen LogP) is 2.26. The third-order valence-corrected chi connectivity index (χ3v) is 3.83. The maximum Gasteiger partial charge on any atom is 0.408 e. The van der Waals surface area contributed by atoms with E-state index in [2.05, 4.69) is 5.32 Å². The Morgan fingerprint density at radius 3 is 2.38 bits per heavy atom. The molecule has 24 heavy (non-hydrogen) atoms. The molecular formula is C17H24N2O4S. The van der Waals surface area contributed by atoms with Gasteiger partial charge in [-0.1, -0.05) is 42.1 Å². The maximum absolute atomic E-state index is 12.4. The van der Waals surface area contributed by atoms with E-state index in [1.807, 2.05) is 30.3 Å². The van der Waals surface area contributed by atoms with E-state index in [1.54, 1.807) is 20.8 Å². The highest BCUT2D eigenvalue weighted by atomic mass is 32.2. The molecule has 0 saturated heterocycles. The minimum absolute atomic E-state index is 0.112. The Morgan fingerprint density at radius 2 is 1.83 bits per heavy atom. The van der Waals surface area contributed by atoms with Gasteiger partial charge in [0.1, 0.15) is 11.6 Å². The zero-order chi connectivity index (χ0) is 18.2. The van der Waals surface area contributed by atoms with Crippen molar-refractivity contribution in [2.24, 2.45) is 5.73 Å². The van der Waals surface area contributed by atoms with Gasteiger partial charge in [-0.15, -0.1) is 0 Å². The summed E-state index contributed by atoms with van der Waals surface area (Å²) in [5.41, 5.74) is 5.34. The van der Waals surface area contributed by atoms with E-state index >= 15 is 0 Å². The van der Waals surface area contributed by atoms with Crippen LogP contribution < -0.4 is 11.1 Å². The monoisotopic (exact) mass is 352 g/mol. The molecule has 0 fully saturated rings. The minimum Gasteiger partial charge on any atom is -0.444 e. The molecule has 6 nitrogen and oxygen atoms in total. The van der Waals surface area contributed by atoms with Crippen molar-refractivity contribution in [1.82, 2.24) is 5.32 Å². The Bertz CT molecular complexity index is 570. The number of carbonyl (C=O) groups is 3. The predicted molar refractivity (Wildman–Crippen MR) is 94.6 cm³/mol. The highest BCUT2D eigenvalue weighted by Crippen LogP contribution is 2.14. The Morgan fingerprint density at radius 1 is 1.21 bits per heavy atom. The van der Waals surface area contributed by atoms with Gasteiger partial charge in [-0.25, -0.2) is 4.79 Å². The van der Waals surface area contributed by atoms with Crippen LogP contribution >= 0.6 is 11.8 Å². The first-order chi connectivity index (χ1) is 11.2. The summed E-state index contributed by atoms with van der Waals surface area (Å²) in [4.78, 5) is 35.1. The SMILES string of the molecule is CC(C)(C)OC(=O)N[C@@H](Cc1ccccc1)C(=O)SCCC(N)=O. The number of hydrogen-bond acceptors (Lipinski definition) is 5. The molecule has 0 spiro atoms. The molecule has 0 aliphatic carbocycles. The van der Waals surface area contributed by atoms with Crippen LogP contribution in [0, 0.1) is 0 Å². The first-order valence-electron chi connectivity index (χ1n) is 7.66. The lowest BCUT2D eigenvalue weighted by Gasteiger charge is -2.23. The van der Waals surface area contributed by atoms with Crippen molar-refractivity contribution in [2.75, 3.05) is 5.75 Å². The van der Waals surface area contributed by atoms with Gasteiger partial charge in [-0.2, -0.15) is 0 Å². The summed E-state index contributed by atoms with van der Waals surface area (Å²) >= 11 is 0.982. The van der Waals surface area contributed by atoms with E-state index in [-0.39, 0.29) is 17.3 Å². The van der Waals surface area contributed by atoms with Crippen molar-refractivity contribution in [1.29, 1.82) is 0 Å². The van der Waals surface area contributed by atoms with Crippen molar-refractivity contribution >= 4 is 28.9 Å². The van der Waals surface area contributed by atoms with E-state index in [9.17, 15) is 14.4 Å². The summed E-state index contributed by atoms with van der Waals surface area (Å²) in [6, 6.07) is 8.63. The van der Waals surface area contributed by atoms with Crippen LogP contribution in [-0.2, 0) is 20.7 Å². The molecular weight excluding hydrogens is 328 g/mol. The summed E-state index contributed by atoms with van der Waals surface area (Å²) in [7, 11) is 0. The molecule has 2 amide bonds. The van der Waals surface area contributed by atoms with E-state index in [0.717, 1.165) is 17.3 Å². The number of nitrogens with two attached hydrogens (primary N) is 1. The summed E-state index contributed by atoms with van der Waals surface area (Å²) in [5, 5.41) is 2.38. The summed E-state index contributed by atoms with van der Waals surface area (Å²) in [5.74, 6) is -0.176. The van der Waals surface area contributed by atoms with Crippen molar-refractivity contribution in [2.45, 2.75) is 45.3 Å². The summed E-state index contributed by atoms with van der Waals surface area (Å²) in [6.45, 7) is 5.26. The van der Waals surface area contributed by atoms with Gasteiger partial charge in [0.2, 0.25) is 11.0 Å². The third kappa shape index (κ3) is 8.57. The van der Waals surface area contributed by atoms with Gasteiger partial charge >= 0.3 is 6.09 Å². The Hall–Kier alpha value is -2.02. The number of hydrogen-bond donors (Lipinski definition) is 2. The molecule has 1 aromatic carbocycles. The molecule has 1 aromatic rings. The molecule has 0 radical (unpaired) electrons. The lowest BCUT2D eigenvalue weighted by Crippen LogP contribution is -2.44. The van der Waals surface area contributed by atoms with Gasteiger partial charge in [-0.3, -0.25) is 9.59 Å². The minimum atomic E-state index is -0.736. The maximum atomic E-state index is 12.4. The first kappa shape index (κ1) is 20.0. The Balaban J connectivity index is 2.73. The number of primary amides is 1. The first-order valence-corrected chi connectivity index (χ1v) is 8.64. The molecule has 0 heterocycles. The van der Waals surface area contributed by atoms with Crippen molar-refractivity contribution in [3.8, 4) is 0 Å². The zero-order valence-electron chi connectivity index (χ0n) is 14.2. The number of carbonyl (C=O) groups excluding carboxylic acids is 3. The molecule has 7 heteroatoms. The quantitative estimate of drug-likeness (QED) is 0.784. The van der Waals surface area contributed by atoms with Gasteiger partial charge in [0.25, 0.3) is 0 Å². The van der Waals surface area contributed by atoms with Crippen LogP contribution in [0.1, 0.15) is 32.8 Å². The Labute approximate surface area is 146 Å². The summed E-state index contributed by atoms with van der Waals surface area (Å²) in [6.07, 6.45) is -0.184. The van der Waals surface area contributed by atoms with Gasteiger partial charge in [0.15, 0.2) is 0 Å². The number of amides is 2. The lowest BCUT2D eigenvalue weighted by atomic mass is 10.1. The average Bonchev–Trinajstić information content (AvgIpc) is 2.45. The van der Waals surface area contributed by atoms with Crippen LogP contribution in [0.15, 0.2) is 30.3 Å². The van der Waals surface area contributed by atoms with Crippen LogP contribution in [0.2, 0.25) is 0 Å². The van der Waals surface area contributed by atoms with Crippen molar-refractivity contribution < 1.29 is 19.1 Å². The number of alkyl carbamates (subject to hydrolysis) is 1. The molecule has 132 valence electrons. The molecule has 0 saturated carbocycles. The summed E-state index contributed by atoms with van der Waals surface area (Å²) < 4.78 is 5.21. The second-order valence-electron chi connectivity index (χ2n) is 6.27. The highest BCUT2D eigenvalue weighted by Gasteiger charge is 2.25. The molecule has 3 N–H and O–H groups in total. The fraction of sp³-hybridized carbons (Fsp3) is 0.471. The van der Waals surface area contributed by atoms with Gasteiger partial charge in [0, 0.05) is 18.6 Å². The average molecular weight is 352 g/mol. The second-order valence-corrected chi connectivity index (χ2v) is 7.37. The molecule has 1 atom stereocenters. The van der Waals surface area contributed by atoms with Crippen LogP contribution in [0.4, 0.5) is 4.79 Å². The molecule has 0 aromatic heterocycles. The smallest absolute Gasteiger partial charge is 0.408 e. The fourth-order valence-corrected chi connectivity index (χ4v) is 2.69. The van der Waals surface area contributed by atoms with Crippen LogP contribution in [0.5, 0.6) is 0 Å². The lowest BCUT2D eigenvalue weighted by molar-refractivity contribution is -0.117. The van der Waals surface area contributed by atoms with Crippen molar-refractivity contribution in [3.63, 3.8) is 0 Å². The number of ether oxygens (including phenoxy) is 1.